The van der Waals surface area contributed by atoms with Crippen LogP contribution in [-0.2, 0) is 11.3 Å². The first-order valence-electron chi connectivity index (χ1n) is 12.0. The molecule has 6 nitrogen and oxygen atoms in total. The van der Waals surface area contributed by atoms with Crippen molar-refractivity contribution >= 4 is 5.91 Å². The number of fused-ring (bicyclic) bond motifs is 1. The van der Waals surface area contributed by atoms with E-state index in [0.717, 1.165) is 22.4 Å². The van der Waals surface area contributed by atoms with Gasteiger partial charge in [0.05, 0.1) is 19.3 Å². The lowest BCUT2D eigenvalue weighted by Crippen LogP contribution is -2.54. The van der Waals surface area contributed by atoms with Crippen molar-refractivity contribution in [1.29, 1.82) is 0 Å². The molecule has 0 bridgehead atoms. The fourth-order valence-electron chi connectivity index (χ4n) is 5.33. The molecule has 3 aromatic rings. The molecule has 182 valence electrons. The molecule has 2 saturated heterocycles. The van der Waals surface area contributed by atoms with Gasteiger partial charge in [-0.1, -0.05) is 60.2 Å². The summed E-state index contributed by atoms with van der Waals surface area (Å²) in [5.41, 5.74) is 10.9. The molecule has 7 heteroatoms. The van der Waals surface area contributed by atoms with Gasteiger partial charge in [-0.15, -0.1) is 0 Å². The van der Waals surface area contributed by atoms with E-state index >= 15 is 0 Å². The van der Waals surface area contributed by atoms with Crippen LogP contribution in [0.15, 0.2) is 72.8 Å². The molecular formula is C28H31FN4O2. The van der Waals surface area contributed by atoms with Gasteiger partial charge in [-0.05, 0) is 42.7 Å². The maximum Gasteiger partial charge on any atom is 0.223 e. The van der Waals surface area contributed by atoms with Crippen LogP contribution >= 0.6 is 0 Å². The average Bonchev–Trinajstić information content (AvgIpc) is 3.32. The normalized spacial score (nSPS) is 25.6. The number of carbonyl (C=O) groups is 1. The summed E-state index contributed by atoms with van der Waals surface area (Å²) in [7, 11) is 1.66. The second-order valence-corrected chi connectivity index (χ2v) is 9.38. The number of hydrazine groups is 1. The number of piperidine rings is 1. The first-order chi connectivity index (χ1) is 17.0. The minimum Gasteiger partial charge on any atom is -0.496 e. The third-order valence-corrected chi connectivity index (χ3v) is 7.17. The number of carbonyl (C=O) groups excluding carboxylic acids is 1. The largest absolute Gasteiger partial charge is 0.496 e. The van der Waals surface area contributed by atoms with Crippen LogP contribution in [0.5, 0.6) is 5.75 Å². The Morgan fingerprint density at radius 1 is 1.03 bits per heavy atom. The van der Waals surface area contributed by atoms with Crippen LogP contribution < -0.4 is 26.2 Å². The van der Waals surface area contributed by atoms with Gasteiger partial charge in [-0.2, -0.15) is 0 Å². The lowest BCUT2D eigenvalue weighted by molar-refractivity contribution is -0.129. The molecule has 2 fully saturated rings. The molecule has 3 aromatic carbocycles. The predicted molar refractivity (Wildman–Crippen MR) is 133 cm³/mol. The number of ether oxygens (including phenoxy) is 1. The molecule has 2 aliphatic rings. The van der Waals surface area contributed by atoms with Gasteiger partial charge in [0.25, 0.3) is 0 Å². The van der Waals surface area contributed by atoms with Crippen LogP contribution in [0.4, 0.5) is 4.39 Å². The number of hydrogen-bond donors (Lipinski definition) is 4. The molecule has 0 saturated carbocycles. The first kappa shape index (κ1) is 23.5. The monoisotopic (exact) mass is 474 g/mol. The van der Waals surface area contributed by atoms with Crippen molar-refractivity contribution in [2.75, 3.05) is 7.11 Å². The fourth-order valence-corrected chi connectivity index (χ4v) is 5.33. The minimum atomic E-state index is -0.279. The van der Waals surface area contributed by atoms with Gasteiger partial charge in [0.15, 0.2) is 0 Å². The van der Waals surface area contributed by atoms with Gasteiger partial charge in [-0.25, -0.2) is 15.2 Å². The summed E-state index contributed by atoms with van der Waals surface area (Å²) in [5.74, 6) is 0.188. The van der Waals surface area contributed by atoms with Crippen LogP contribution in [0.3, 0.4) is 0 Å². The van der Waals surface area contributed by atoms with Gasteiger partial charge >= 0.3 is 0 Å². The Morgan fingerprint density at radius 3 is 2.51 bits per heavy atom. The smallest absolute Gasteiger partial charge is 0.223 e. The first-order valence-corrected chi connectivity index (χ1v) is 12.0. The van der Waals surface area contributed by atoms with Gasteiger partial charge in [0.2, 0.25) is 5.91 Å². The Kier molecular flexibility index (Phi) is 6.81. The van der Waals surface area contributed by atoms with Gasteiger partial charge < -0.3 is 10.1 Å². The topological polar surface area (TPSA) is 74.4 Å². The number of halogens is 1. The fraction of sp³-hybridized carbons (Fsp3) is 0.321. The molecule has 35 heavy (non-hydrogen) atoms. The van der Waals surface area contributed by atoms with E-state index in [1.54, 1.807) is 19.2 Å². The van der Waals surface area contributed by atoms with Crippen molar-refractivity contribution in [3.63, 3.8) is 0 Å². The number of nitrogens with one attached hydrogen (secondary N) is 4. The zero-order valence-electron chi connectivity index (χ0n) is 19.9. The molecule has 0 spiro atoms. The van der Waals surface area contributed by atoms with Crippen molar-refractivity contribution in [2.24, 2.45) is 11.8 Å². The Balaban J connectivity index is 1.42. The summed E-state index contributed by atoms with van der Waals surface area (Å²) in [6.07, 6.45) is 0.464. The third kappa shape index (κ3) is 4.93. The molecule has 0 aromatic heterocycles. The second-order valence-electron chi connectivity index (χ2n) is 9.38. The number of amides is 1. The summed E-state index contributed by atoms with van der Waals surface area (Å²) in [6.45, 7) is 2.52. The number of rotatable bonds is 6. The SMILES string of the molecule is COc1ccccc1C1CC(C(=O)NCc2ccc(C)cc2)C2C(NNC2c2ccc(F)cc2)N1. The van der Waals surface area contributed by atoms with E-state index in [-0.39, 0.29) is 41.8 Å². The zero-order chi connectivity index (χ0) is 24.4. The quantitative estimate of drug-likeness (QED) is 0.436. The standard InChI is InChI=1S/C28H31FN4O2/c1-17-7-9-18(10-8-17)16-30-28(34)22-15-23(21-5-3-4-6-24(21)35-2)31-27-25(22)26(32-33-27)19-11-13-20(29)14-12-19/h3-14,22-23,25-27,31-33H,15-16H2,1-2H3,(H,30,34). The average molecular weight is 475 g/mol. The lowest BCUT2D eigenvalue weighted by Gasteiger charge is -2.40. The Hall–Kier alpha value is -3.26. The number of para-hydroxylation sites is 1. The Bertz CT molecular complexity index is 1170. The summed E-state index contributed by atoms with van der Waals surface area (Å²) >= 11 is 0. The van der Waals surface area contributed by atoms with Crippen LogP contribution in [-0.4, -0.2) is 19.2 Å². The zero-order valence-corrected chi connectivity index (χ0v) is 19.9. The van der Waals surface area contributed by atoms with E-state index in [2.05, 4.69) is 33.6 Å². The van der Waals surface area contributed by atoms with Crippen LogP contribution in [0, 0.1) is 24.6 Å². The van der Waals surface area contributed by atoms with E-state index in [1.165, 1.54) is 17.7 Å². The second kappa shape index (κ2) is 10.2. The molecule has 5 unspecified atom stereocenters. The van der Waals surface area contributed by atoms with Crippen LogP contribution in [0.25, 0.3) is 0 Å². The molecule has 0 aliphatic carbocycles. The van der Waals surface area contributed by atoms with Gasteiger partial charge in [0.1, 0.15) is 11.6 Å². The van der Waals surface area contributed by atoms with Crippen molar-refractivity contribution in [1.82, 2.24) is 21.5 Å². The molecule has 0 radical (unpaired) electrons. The maximum absolute atomic E-state index is 13.7. The lowest BCUT2D eigenvalue weighted by atomic mass is 9.74. The van der Waals surface area contributed by atoms with Crippen LogP contribution in [0.1, 0.15) is 40.8 Å². The van der Waals surface area contributed by atoms with E-state index in [1.807, 2.05) is 43.3 Å². The summed E-state index contributed by atoms with van der Waals surface area (Å²) in [6, 6.07) is 22.4. The number of benzene rings is 3. The van der Waals surface area contributed by atoms with Gasteiger partial charge in [0, 0.05) is 30.0 Å². The minimum absolute atomic E-state index is 0.0135. The Morgan fingerprint density at radius 2 is 1.77 bits per heavy atom. The molecule has 4 N–H and O–H groups in total. The van der Waals surface area contributed by atoms with E-state index in [0.29, 0.717) is 13.0 Å². The van der Waals surface area contributed by atoms with Crippen LogP contribution in [0.2, 0.25) is 0 Å². The summed E-state index contributed by atoms with van der Waals surface area (Å²) < 4.78 is 19.2. The molecule has 1 amide bonds. The van der Waals surface area contributed by atoms with Gasteiger partial charge in [-0.3, -0.25) is 10.1 Å². The van der Waals surface area contributed by atoms with Crippen molar-refractivity contribution < 1.29 is 13.9 Å². The summed E-state index contributed by atoms with van der Waals surface area (Å²) in [4.78, 5) is 13.7. The summed E-state index contributed by atoms with van der Waals surface area (Å²) in [5, 5.41) is 6.84. The third-order valence-electron chi connectivity index (χ3n) is 7.17. The van der Waals surface area contributed by atoms with E-state index in [4.69, 9.17) is 4.74 Å². The van der Waals surface area contributed by atoms with Crippen molar-refractivity contribution in [3.8, 4) is 5.75 Å². The van der Waals surface area contributed by atoms with Crippen molar-refractivity contribution in [3.05, 3.63) is 101 Å². The van der Waals surface area contributed by atoms with E-state index in [9.17, 15) is 9.18 Å². The molecule has 2 heterocycles. The highest BCUT2D eigenvalue weighted by Crippen LogP contribution is 2.43. The molecule has 5 rings (SSSR count). The Labute approximate surface area is 205 Å². The van der Waals surface area contributed by atoms with Crippen molar-refractivity contribution in [2.45, 2.75) is 38.1 Å². The highest BCUT2D eigenvalue weighted by Gasteiger charge is 2.49. The number of methoxy groups -OCH3 is 1. The predicted octanol–water partition coefficient (Wildman–Crippen LogP) is 3.90. The maximum atomic E-state index is 13.7. The molecule has 5 atom stereocenters. The van der Waals surface area contributed by atoms with E-state index < -0.39 is 0 Å². The highest BCUT2D eigenvalue weighted by molar-refractivity contribution is 5.79. The molecular weight excluding hydrogens is 443 g/mol. The highest BCUT2D eigenvalue weighted by atomic mass is 19.1. The number of aryl methyl sites for hydroxylation is 1. The molecule has 2 aliphatic heterocycles. The number of hydrogen-bond acceptors (Lipinski definition) is 5.